The van der Waals surface area contributed by atoms with Gasteiger partial charge in [0.25, 0.3) is 5.91 Å². The third-order valence-electron chi connectivity index (χ3n) is 4.87. The predicted octanol–water partition coefficient (Wildman–Crippen LogP) is 6.06. The molecule has 0 fully saturated rings. The van der Waals surface area contributed by atoms with Crippen LogP contribution in [0.1, 0.15) is 10.4 Å². The maximum absolute atomic E-state index is 12.9. The number of carbonyl (C=O) groups is 1. The molecule has 2 aromatic heterocycles. The van der Waals surface area contributed by atoms with Crippen molar-refractivity contribution in [1.29, 1.82) is 0 Å². The van der Waals surface area contributed by atoms with Crippen molar-refractivity contribution in [2.24, 2.45) is 0 Å². The second kappa shape index (κ2) is 7.08. The fourth-order valence-electron chi connectivity index (χ4n) is 3.46. The number of anilines is 1. The Morgan fingerprint density at radius 2 is 1.69 bits per heavy atom. The summed E-state index contributed by atoms with van der Waals surface area (Å²) in [5.41, 5.74) is 2.91. The molecule has 5 heteroatoms. The first-order valence-electron chi connectivity index (χ1n) is 9.22. The molecule has 0 aliphatic heterocycles. The smallest absolute Gasteiger partial charge is 0.256 e. The Kier molecular flexibility index (Phi) is 4.26. The molecule has 0 spiro atoms. The Balaban J connectivity index is 1.64. The van der Waals surface area contributed by atoms with Gasteiger partial charge in [-0.1, -0.05) is 60.1 Å². The van der Waals surface area contributed by atoms with Crippen molar-refractivity contribution in [2.45, 2.75) is 0 Å². The molecule has 0 saturated carbocycles. The van der Waals surface area contributed by atoms with E-state index in [4.69, 9.17) is 16.6 Å². The van der Waals surface area contributed by atoms with Gasteiger partial charge in [0, 0.05) is 22.3 Å². The van der Waals surface area contributed by atoms with E-state index in [-0.39, 0.29) is 5.91 Å². The molecular weight excluding hydrogens is 382 g/mol. The van der Waals surface area contributed by atoms with E-state index in [1.54, 1.807) is 24.3 Å². The van der Waals surface area contributed by atoms with E-state index in [1.165, 1.54) is 0 Å². The van der Waals surface area contributed by atoms with E-state index in [0.717, 1.165) is 27.7 Å². The largest absolute Gasteiger partial charge is 0.306 e. The second-order valence-electron chi connectivity index (χ2n) is 6.76. The number of nitrogens with one attached hydrogen (secondary N) is 1. The molecule has 4 nitrogen and oxygen atoms in total. The first kappa shape index (κ1) is 17.5. The van der Waals surface area contributed by atoms with Gasteiger partial charge in [-0.05, 0) is 47.2 Å². The van der Waals surface area contributed by atoms with Crippen molar-refractivity contribution >= 4 is 39.7 Å². The number of carbonyl (C=O) groups excluding carboxylic acids is 1. The Bertz CT molecular complexity index is 1370. The first-order valence-corrected chi connectivity index (χ1v) is 9.60. The lowest BCUT2D eigenvalue weighted by atomic mass is 10.0. The van der Waals surface area contributed by atoms with E-state index < -0.39 is 0 Å². The molecule has 0 aliphatic rings. The van der Waals surface area contributed by atoms with Crippen LogP contribution in [-0.4, -0.2) is 15.3 Å². The number of halogens is 1. The molecule has 0 saturated heterocycles. The number of imidazole rings is 1. The summed E-state index contributed by atoms with van der Waals surface area (Å²) >= 11 is 6.05. The van der Waals surface area contributed by atoms with Crippen LogP contribution in [0.25, 0.3) is 27.7 Å². The van der Waals surface area contributed by atoms with Crippen LogP contribution in [0, 0.1) is 0 Å². The molecule has 140 valence electrons. The van der Waals surface area contributed by atoms with E-state index in [1.807, 2.05) is 47.0 Å². The average Bonchev–Trinajstić information content (AvgIpc) is 3.12. The van der Waals surface area contributed by atoms with Gasteiger partial charge in [0.1, 0.15) is 17.2 Å². The van der Waals surface area contributed by atoms with Crippen molar-refractivity contribution in [1.82, 2.24) is 9.38 Å². The van der Waals surface area contributed by atoms with Crippen LogP contribution in [0.4, 0.5) is 5.82 Å². The summed E-state index contributed by atoms with van der Waals surface area (Å²) in [7, 11) is 0. The maximum atomic E-state index is 12.9. The monoisotopic (exact) mass is 397 g/mol. The molecule has 0 unspecified atom stereocenters. The zero-order valence-electron chi connectivity index (χ0n) is 15.3. The van der Waals surface area contributed by atoms with E-state index in [2.05, 4.69) is 29.6 Å². The minimum Gasteiger partial charge on any atom is -0.306 e. The third kappa shape index (κ3) is 3.24. The van der Waals surface area contributed by atoms with Crippen LogP contribution in [0.15, 0.2) is 91.1 Å². The molecule has 5 rings (SSSR count). The number of nitrogens with zero attached hydrogens (tertiary/aromatic N) is 2. The molecule has 5 aromatic rings. The van der Waals surface area contributed by atoms with Crippen LogP contribution in [0.2, 0.25) is 5.02 Å². The lowest BCUT2D eigenvalue weighted by molar-refractivity contribution is 0.102. The van der Waals surface area contributed by atoms with Crippen molar-refractivity contribution in [3.63, 3.8) is 0 Å². The molecule has 0 atom stereocenters. The van der Waals surface area contributed by atoms with Gasteiger partial charge in [-0.3, -0.25) is 9.20 Å². The van der Waals surface area contributed by atoms with Gasteiger partial charge in [0.05, 0.1) is 0 Å². The third-order valence-corrected chi connectivity index (χ3v) is 5.11. The number of hydrogen-bond acceptors (Lipinski definition) is 2. The van der Waals surface area contributed by atoms with Gasteiger partial charge in [-0.15, -0.1) is 0 Å². The molecule has 1 N–H and O–H groups in total. The molecule has 29 heavy (non-hydrogen) atoms. The molecule has 1 amide bonds. The molecule has 2 heterocycles. The summed E-state index contributed by atoms with van der Waals surface area (Å²) in [4.78, 5) is 17.7. The SMILES string of the molecule is O=C(Nc1c(-c2ccc3ccccc3c2)nc2ccccn12)c1cccc(Cl)c1. The highest BCUT2D eigenvalue weighted by molar-refractivity contribution is 6.31. The number of rotatable bonds is 3. The van der Waals surface area contributed by atoms with Gasteiger partial charge in [0.2, 0.25) is 0 Å². The number of benzene rings is 3. The second-order valence-corrected chi connectivity index (χ2v) is 7.20. The lowest BCUT2D eigenvalue weighted by Gasteiger charge is -2.09. The van der Waals surface area contributed by atoms with Crippen molar-refractivity contribution < 1.29 is 4.79 Å². The zero-order valence-corrected chi connectivity index (χ0v) is 16.1. The molecule has 0 bridgehead atoms. The molecule has 0 aliphatic carbocycles. The Morgan fingerprint density at radius 1 is 0.862 bits per heavy atom. The van der Waals surface area contributed by atoms with Crippen LogP contribution >= 0.6 is 11.6 Å². The van der Waals surface area contributed by atoms with Crippen molar-refractivity contribution in [3.8, 4) is 11.3 Å². The zero-order chi connectivity index (χ0) is 19.8. The summed E-state index contributed by atoms with van der Waals surface area (Å²) in [6.07, 6.45) is 1.89. The minimum absolute atomic E-state index is 0.236. The van der Waals surface area contributed by atoms with Gasteiger partial charge >= 0.3 is 0 Å². The number of hydrogen-bond donors (Lipinski definition) is 1. The van der Waals surface area contributed by atoms with Gasteiger partial charge < -0.3 is 5.32 Å². The van der Waals surface area contributed by atoms with E-state index in [9.17, 15) is 4.79 Å². The highest BCUT2D eigenvalue weighted by Gasteiger charge is 2.17. The number of amides is 1. The first-order chi connectivity index (χ1) is 14.2. The minimum atomic E-state index is -0.236. The van der Waals surface area contributed by atoms with Crippen LogP contribution in [-0.2, 0) is 0 Å². The normalized spacial score (nSPS) is 11.1. The van der Waals surface area contributed by atoms with Gasteiger partial charge in [-0.2, -0.15) is 0 Å². The predicted molar refractivity (Wildman–Crippen MR) is 118 cm³/mol. The van der Waals surface area contributed by atoms with Gasteiger partial charge in [0.15, 0.2) is 0 Å². The Morgan fingerprint density at radius 3 is 2.55 bits per heavy atom. The number of fused-ring (bicyclic) bond motifs is 2. The summed E-state index contributed by atoms with van der Waals surface area (Å²) < 4.78 is 1.88. The van der Waals surface area contributed by atoms with Crippen molar-refractivity contribution in [3.05, 3.63) is 102 Å². The topological polar surface area (TPSA) is 46.4 Å². The lowest BCUT2D eigenvalue weighted by Crippen LogP contribution is -2.14. The molecule has 0 radical (unpaired) electrons. The highest BCUT2D eigenvalue weighted by Crippen LogP contribution is 2.31. The fourth-order valence-corrected chi connectivity index (χ4v) is 3.65. The van der Waals surface area contributed by atoms with Crippen LogP contribution in [0.5, 0.6) is 0 Å². The van der Waals surface area contributed by atoms with Crippen molar-refractivity contribution in [2.75, 3.05) is 5.32 Å². The summed E-state index contributed by atoms with van der Waals surface area (Å²) in [6.45, 7) is 0. The average molecular weight is 398 g/mol. The van der Waals surface area contributed by atoms with Gasteiger partial charge in [-0.25, -0.2) is 4.98 Å². The number of aromatic nitrogens is 2. The van der Waals surface area contributed by atoms with E-state index in [0.29, 0.717) is 16.4 Å². The Labute approximate surface area is 172 Å². The quantitative estimate of drug-likeness (QED) is 0.402. The molecule has 3 aromatic carbocycles. The molecular formula is C24H16ClN3O. The summed E-state index contributed by atoms with van der Waals surface area (Å²) in [5.74, 6) is 0.390. The van der Waals surface area contributed by atoms with Crippen LogP contribution < -0.4 is 5.32 Å². The van der Waals surface area contributed by atoms with E-state index >= 15 is 0 Å². The maximum Gasteiger partial charge on any atom is 0.256 e. The number of pyridine rings is 1. The summed E-state index contributed by atoms with van der Waals surface area (Å²) in [6, 6.07) is 27.0. The highest BCUT2D eigenvalue weighted by atomic mass is 35.5. The fraction of sp³-hybridized carbons (Fsp3) is 0. The van der Waals surface area contributed by atoms with Crippen LogP contribution in [0.3, 0.4) is 0 Å². The summed E-state index contributed by atoms with van der Waals surface area (Å²) in [5, 5.41) is 5.82. The standard InChI is InChI=1S/C24H16ClN3O/c25-20-9-5-8-19(15-20)24(29)27-23-22(26-21-10-3-4-13-28(21)23)18-12-11-16-6-1-2-7-17(16)14-18/h1-15H,(H,27,29). The Hall–Kier alpha value is -3.63.